The summed E-state index contributed by atoms with van der Waals surface area (Å²) in [5, 5.41) is 3.07. The van der Waals surface area contributed by atoms with E-state index < -0.39 is 12.2 Å². The number of piperazine rings is 1. The lowest BCUT2D eigenvalue weighted by molar-refractivity contribution is -0.187. The maximum Gasteiger partial charge on any atom is 0.408 e. The van der Waals surface area contributed by atoms with Crippen LogP contribution in [-0.2, 0) is 0 Å². The molecule has 1 fully saturated rings. The minimum Gasteiger partial charge on any atom is -0.314 e. The van der Waals surface area contributed by atoms with E-state index in [2.05, 4.69) is 5.32 Å². The second-order valence-corrected chi connectivity index (χ2v) is 4.64. The summed E-state index contributed by atoms with van der Waals surface area (Å²) in [5.74, 6) is 0. The Bertz CT molecular complexity index is 407. The Balaban J connectivity index is 0.00000180. The third kappa shape index (κ3) is 4.81. The zero-order chi connectivity index (χ0) is 13.2. The van der Waals surface area contributed by atoms with Gasteiger partial charge in [0.15, 0.2) is 0 Å². The van der Waals surface area contributed by atoms with Crippen molar-refractivity contribution in [2.24, 2.45) is 0 Å². The Morgan fingerprint density at radius 3 is 2.25 bits per heavy atom. The summed E-state index contributed by atoms with van der Waals surface area (Å²) in [7, 11) is 0. The fraction of sp³-hybridized carbons (Fsp3) is 0.538. The van der Waals surface area contributed by atoms with Gasteiger partial charge in [-0.2, -0.15) is 13.2 Å². The maximum atomic E-state index is 13.3. The molecule has 2 nitrogen and oxygen atoms in total. The van der Waals surface area contributed by atoms with Crippen LogP contribution in [0.2, 0.25) is 0 Å². The molecule has 20 heavy (non-hydrogen) atoms. The molecule has 1 heterocycles. The standard InChI is InChI=1S/C13H17F3N2.2ClH/c1-10-3-2-4-11(9-10)12(13(14,15)16)18-7-5-17-6-8-18;;/h2-4,9,12,17H,5-8H2,1H3;2*1H/t12-;;/m0../s1. The topological polar surface area (TPSA) is 15.3 Å². The summed E-state index contributed by atoms with van der Waals surface area (Å²) in [6, 6.07) is 5.20. The number of nitrogens with zero attached hydrogens (tertiary/aromatic N) is 1. The second kappa shape index (κ2) is 8.08. The van der Waals surface area contributed by atoms with Crippen LogP contribution in [0.15, 0.2) is 24.3 Å². The van der Waals surface area contributed by atoms with Crippen LogP contribution in [-0.4, -0.2) is 37.3 Å². The van der Waals surface area contributed by atoms with Gasteiger partial charge in [-0.1, -0.05) is 29.8 Å². The quantitative estimate of drug-likeness (QED) is 0.894. The highest BCUT2D eigenvalue weighted by molar-refractivity contribution is 5.85. The number of alkyl halides is 3. The number of nitrogens with one attached hydrogen (secondary N) is 1. The van der Waals surface area contributed by atoms with Gasteiger partial charge in [-0.25, -0.2) is 0 Å². The molecule has 1 aliphatic rings. The van der Waals surface area contributed by atoms with Crippen LogP contribution in [0.1, 0.15) is 17.2 Å². The van der Waals surface area contributed by atoms with Gasteiger partial charge in [0.1, 0.15) is 6.04 Å². The summed E-state index contributed by atoms with van der Waals surface area (Å²) in [5.41, 5.74) is 1.20. The van der Waals surface area contributed by atoms with Crippen molar-refractivity contribution in [3.63, 3.8) is 0 Å². The van der Waals surface area contributed by atoms with Gasteiger partial charge in [0, 0.05) is 26.2 Å². The van der Waals surface area contributed by atoms with Crippen LogP contribution in [0, 0.1) is 6.92 Å². The lowest BCUT2D eigenvalue weighted by Crippen LogP contribution is -2.49. The molecule has 0 radical (unpaired) electrons. The lowest BCUT2D eigenvalue weighted by Gasteiger charge is -2.36. The molecule has 0 aliphatic carbocycles. The van der Waals surface area contributed by atoms with Crippen molar-refractivity contribution in [2.45, 2.75) is 19.1 Å². The molecular formula is C13H19Cl2F3N2. The summed E-state index contributed by atoms with van der Waals surface area (Å²) >= 11 is 0. The van der Waals surface area contributed by atoms with Crippen molar-refractivity contribution < 1.29 is 13.2 Å². The molecule has 2 rings (SSSR count). The fourth-order valence-electron chi connectivity index (χ4n) is 2.39. The van der Waals surface area contributed by atoms with Gasteiger partial charge in [-0.3, -0.25) is 4.90 Å². The normalized spacial score (nSPS) is 17.8. The van der Waals surface area contributed by atoms with Crippen LogP contribution >= 0.6 is 24.8 Å². The Morgan fingerprint density at radius 2 is 1.75 bits per heavy atom. The number of hydrogen-bond acceptors (Lipinski definition) is 2. The number of benzene rings is 1. The van der Waals surface area contributed by atoms with E-state index >= 15 is 0 Å². The molecule has 0 bridgehead atoms. The molecule has 0 amide bonds. The fourth-order valence-corrected chi connectivity index (χ4v) is 2.39. The summed E-state index contributed by atoms with van der Waals surface area (Å²) in [6.07, 6.45) is -4.23. The highest BCUT2D eigenvalue weighted by Crippen LogP contribution is 2.37. The molecule has 0 saturated carbocycles. The van der Waals surface area contributed by atoms with Crippen LogP contribution in [0.5, 0.6) is 0 Å². The molecule has 1 aromatic carbocycles. The molecule has 1 N–H and O–H groups in total. The minimum atomic E-state index is -4.23. The van der Waals surface area contributed by atoms with Crippen molar-refractivity contribution in [2.75, 3.05) is 26.2 Å². The lowest BCUT2D eigenvalue weighted by atomic mass is 10.0. The Kier molecular flexibility index (Phi) is 7.88. The van der Waals surface area contributed by atoms with E-state index in [0.717, 1.165) is 5.56 Å². The van der Waals surface area contributed by atoms with Gasteiger partial charge in [0.2, 0.25) is 0 Å². The highest BCUT2D eigenvalue weighted by atomic mass is 35.5. The van der Waals surface area contributed by atoms with E-state index in [1.54, 1.807) is 18.2 Å². The first kappa shape index (κ1) is 19.5. The zero-order valence-corrected chi connectivity index (χ0v) is 12.7. The van der Waals surface area contributed by atoms with Gasteiger partial charge in [-0.15, -0.1) is 24.8 Å². The number of hydrogen-bond donors (Lipinski definition) is 1. The first-order valence-corrected chi connectivity index (χ1v) is 6.06. The number of rotatable bonds is 2. The molecule has 0 spiro atoms. The summed E-state index contributed by atoms with van der Waals surface area (Å²) in [4.78, 5) is 1.51. The van der Waals surface area contributed by atoms with Crippen molar-refractivity contribution >= 4 is 24.8 Å². The van der Waals surface area contributed by atoms with Crippen LogP contribution in [0.3, 0.4) is 0 Å². The van der Waals surface area contributed by atoms with E-state index in [9.17, 15) is 13.2 Å². The molecule has 7 heteroatoms. The highest BCUT2D eigenvalue weighted by Gasteiger charge is 2.44. The van der Waals surface area contributed by atoms with Gasteiger partial charge in [-0.05, 0) is 12.5 Å². The molecule has 1 aliphatic heterocycles. The zero-order valence-electron chi connectivity index (χ0n) is 11.1. The Hall–Kier alpha value is -0.490. The van der Waals surface area contributed by atoms with Crippen molar-refractivity contribution in [1.29, 1.82) is 0 Å². The largest absolute Gasteiger partial charge is 0.408 e. The molecule has 1 aromatic rings. The number of aryl methyl sites for hydroxylation is 1. The maximum absolute atomic E-state index is 13.3. The van der Waals surface area contributed by atoms with Crippen molar-refractivity contribution in [1.82, 2.24) is 10.2 Å². The molecule has 0 unspecified atom stereocenters. The third-order valence-corrected chi connectivity index (χ3v) is 3.18. The monoisotopic (exact) mass is 330 g/mol. The SMILES string of the molecule is Cc1cccc([C@H](N2CCNCC2)C(F)(F)F)c1.Cl.Cl. The van der Waals surface area contributed by atoms with Crippen molar-refractivity contribution in [3.8, 4) is 0 Å². The van der Waals surface area contributed by atoms with Gasteiger partial charge < -0.3 is 5.32 Å². The van der Waals surface area contributed by atoms with Gasteiger partial charge >= 0.3 is 6.18 Å². The van der Waals surface area contributed by atoms with Crippen molar-refractivity contribution in [3.05, 3.63) is 35.4 Å². The van der Waals surface area contributed by atoms with Gasteiger partial charge in [0.25, 0.3) is 0 Å². The average molecular weight is 331 g/mol. The Labute approximate surface area is 129 Å². The van der Waals surface area contributed by atoms with Gasteiger partial charge in [0.05, 0.1) is 0 Å². The van der Waals surface area contributed by atoms with Crippen LogP contribution < -0.4 is 5.32 Å². The molecule has 1 atom stereocenters. The van der Waals surface area contributed by atoms with E-state index in [-0.39, 0.29) is 24.8 Å². The van der Waals surface area contributed by atoms with E-state index in [0.29, 0.717) is 31.7 Å². The van der Waals surface area contributed by atoms with E-state index in [1.807, 2.05) is 13.0 Å². The Morgan fingerprint density at radius 1 is 1.15 bits per heavy atom. The smallest absolute Gasteiger partial charge is 0.314 e. The molecular weight excluding hydrogens is 312 g/mol. The third-order valence-electron chi connectivity index (χ3n) is 3.18. The summed E-state index contributed by atoms with van der Waals surface area (Å²) < 4.78 is 39.8. The predicted molar refractivity (Wildman–Crippen MR) is 78.9 cm³/mol. The van der Waals surface area contributed by atoms with E-state index in [1.165, 1.54) is 4.90 Å². The van der Waals surface area contributed by atoms with Crippen LogP contribution in [0.25, 0.3) is 0 Å². The first-order chi connectivity index (χ1) is 8.48. The van der Waals surface area contributed by atoms with E-state index in [4.69, 9.17) is 0 Å². The number of halogens is 5. The first-order valence-electron chi connectivity index (χ1n) is 6.06. The minimum absolute atomic E-state index is 0. The van der Waals surface area contributed by atoms with Crippen LogP contribution in [0.4, 0.5) is 13.2 Å². The predicted octanol–water partition coefficient (Wildman–Crippen LogP) is 3.35. The molecule has 0 aromatic heterocycles. The average Bonchev–Trinajstić information content (AvgIpc) is 2.28. The summed E-state index contributed by atoms with van der Waals surface area (Å²) in [6.45, 7) is 3.89. The molecule has 116 valence electrons. The second-order valence-electron chi connectivity index (χ2n) is 4.64. The molecule has 1 saturated heterocycles.